The largest absolute Gasteiger partial charge is 0.354 e. The maximum atomic E-state index is 4.56. The van der Waals surface area contributed by atoms with Gasteiger partial charge in [-0.1, -0.05) is 30.3 Å². The van der Waals surface area contributed by atoms with Crippen molar-refractivity contribution < 1.29 is 0 Å². The van der Waals surface area contributed by atoms with Gasteiger partial charge in [0.15, 0.2) is 5.96 Å². The molecule has 2 saturated heterocycles. The fourth-order valence-corrected chi connectivity index (χ4v) is 5.33. The van der Waals surface area contributed by atoms with Crippen molar-refractivity contribution in [2.45, 2.75) is 24.3 Å². The number of likely N-dealkylation sites (tertiary alicyclic amines) is 1. The van der Waals surface area contributed by atoms with Gasteiger partial charge >= 0.3 is 0 Å². The smallest absolute Gasteiger partial charge is 0.193 e. The Kier molecular flexibility index (Phi) is 5.72. The van der Waals surface area contributed by atoms with Crippen LogP contribution in [0.2, 0.25) is 0 Å². The highest BCUT2D eigenvalue weighted by atomic mass is 32.2. The number of nitrogens with zero attached hydrogens (tertiary/aromatic N) is 3. The normalized spacial score (nSPS) is 27.9. The minimum atomic E-state index is 0.263. The van der Waals surface area contributed by atoms with Gasteiger partial charge in [-0.05, 0) is 38.3 Å². The molecule has 0 aliphatic carbocycles. The van der Waals surface area contributed by atoms with Gasteiger partial charge in [0.05, 0.1) is 0 Å². The van der Waals surface area contributed by atoms with Crippen molar-refractivity contribution in [1.29, 1.82) is 0 Å². The predicted octanol–water partition coefficient (Wildman–Crippen LogP) is 2.49. The van der Waals surface area contributed by atoms with Crippen LogP contribution in [0.25, 0.3) is 0 Å². The fraction of sp³-hybridized carbons (Fsp3) is 0.632. The van der Waals surface area contributed by atoms with Crippen LogP contribution < -0.4 is 5.32 Å². The summed E-state index contributed by atoms with van der Waals surface area (Å²) in [5.74, 6) is 4.15. The summed E-state index contributed by atoms with van der Waals surface area (Å²) < 4.78 is 0. The van der Waals surface area contributed by atoms with Crippen molar-refractivity contribution in [3.05, 3.63) is 35.9 Å². The Hall–Kier alpha value is -1.20. The van der Waals surface area contributed by atoms with Gasteiger partial charge in [-0.3, -0.25) is 4.99 Å². The average Bonchev–Trinajstić information content (AvgIpc) is 3.27. The molecule has 3 rings (SSSR count). The maximum absolute atomic E-state index is 4.56. The highest BCUT2D eigenvalue weighted by molar-refractivity contribution is 7.99. The van der Waals surface area contributed by atoms with Gasteiger partial charge in [-0.25, -0.2) is 0 Å². The topological polar surface area (TPSA) is 30.9 Å². The maximum Gasteiger partial charge on any atom is 0.193 e. The molecular formula is C19H30N4S. The van der Waals surface area contributed by atoms with Crippen LogP contribution in [0.1, 0.15) is 24.3 Å². The number of guanidine groups is 1. The van der Waals surface area contributed by atoms with E-state index in [0.717, 1.165) is 25.6 Å². The number of aliphatic imine (C=N–C) groups is 1. The van der Waals surface area contributed by atoms with E-state index in [0.29, 0.717) is 5.92 Å². The van der Waals surface area contributed by atoms with Crippen LogP contribution in [0.15, 0.2) is 35.3 Å². The van der Waals surface area contributed by atoms with Gasteiger partial charge in [0.2, 0.25) is 0 Å². The van der Waals surface area contributed by atoms with Crippen LogP contribution in [0, 0.1) is 0 Å². The number of benzene rings is 1. The average molecular weight is 347 g/mol. The van der Waals surface area contributed by atoms with Crippen molar-refractivity contribution >= 4 is 17.7 Å². The highest BCUT2D eigenvalue weighted by Crippen LogP contribution is 2.32. The third kappa shape index (κ3) is 3.72. The van der Waals surface area contributed by atoms with E-state index >= 15 is 0 Å². The van der Waals surface area contributed by atoms with Gasteiger partial charge in [-0.2, -0.15) is 11.8 Å². The Morgan fingerprint density at radius 2 is 2.17 bits per heavy atom. The molecule has 1 aromatic carbocycles. The molecule has 2 aliphatic heterocycles. The molecule has 2 unspecified atom stereocenters. The molecule has 0 aromatic heterocycles. The van der Waals surface area contributed by atoms with Crippen LogP contribution >= 0.6 is 11.8 Å². The summed E-state index contributed by atoms with van der Waals surface area (Å²) in [7, 11) is 6.32. The van der Waals surface area contributed by atoms with Crippen LogP contribution in [-0.4, -0.2) is 73.6 Å². The first kappa shape index (κ1) is 17.6. The molecule has 1 aromatic rings. The number of hydrogen-bond donors (Lipinski definition) is 1. The molecule has 2 heterocycles. The minimum Gasteiger partial charge on any atom is -0.354 e. The Bertz CT molecular complexity index is 552. The van der Waals surface area contributed by atoms with E-state index in [2.05, 4.69) is 76.3 Å². The molecule has 2 aliphatic rings. The van der Waals surface area contributed by atoms with E-state index in [4.69, 9.17) is 0 Å². The summed E-state index contributed by atoms with van der Waals surface area (Å²) in [5, 5.41) is 3.67. The predicted molar refractivity (Wildman–Crippen MR) is 105 cm³/mol. The standard InChI is InChI=1S/C19H30N4S/c1-20-18(21-14-19(22(2)3)10-12-24-15-19)23-11-9-17(13-23)16-7-5-4-6-8-16/h4-8,17H,9-15H2,1-3H3,(H,20,21). The first-order valence-electron chi connectivity index (χ1n) is 8.90. The zero-order valence-electron chi connectivity index (χ0n) is 15.2. The molecule has 0 spiro atoms. The van der Waals surface area contributed by atoms with Crippen LogP contribution in [0.5, 0.6) is 0 Å². The molecule has 1 N–H and O–H groups in total. The zero-order valence-corrected chi connectivity index (χ0v) is 16.0. The summed E-state index contributed by atoms with van der Waals surface area (Å²) in [6.07, 6.45) is 2.46. The highest BCUT2D eigenvalue weighted by Gasteiger charge is 2.37. The molecule has 132 valence electrons. The number of thioether (sulfide) groups is 1. The molecule has 0 amide bonds. The van der Waals surface area contributed by atoms with E-state index in [1.807, 2.05) is 7.05 Å². The van der Waals surface area contributed by atoms with Gasteiger partial charge in [0.25, 0.3) is 0 Å². The lowest BCUT2D eigenvalue weighted by atomic mass is 9.97. The Balaban J connectivity index is 1.59. The van der Waals surface area contributed by atoms with Crippen molar-refractivity contribution in [3.63, 3.8) is 0 Å². The van der Waals surface area contributed by atoms with Crippen molar-refractivity contribution in [1.82, 2.24) is 15.1 Å². The van der Waals surface area contributed by atoms with Crippen LogP contribution in [-0.2, 0) is 0 Å². The second-order valence-electron chi connectivity index (χ2n) is 7.16. The molecule has 0 bridgehead atoms. The fourth-order valence-electron chi connectivity index (χ4n) is 3.77. The van der Waals surface area contributed by atoms with Gasteiger partial charge in [0, 0.05) is 43.9 Å². The Morgan fingerprint density at radius 1 is 1.38 bits per heavy atom. The van der Waals surface area contributed by atoms with Gasteiger partial charge in [-0.15, -0.1) is 0 Å². The van der Waals surface area contributed by atoms with E-state index in [9.17, 15) is 0 Å². The quantitative estimate of drug-likeness (QED) is 0.670. The monoisotopic (exact) mass is 346 g/mol. The van der Waals surface area contributed by atoms with E-state index in [1.165, 1.54) is 29.9 Å². The summed E-state index contributed by atoms with van der Waals surface area (Å²) >= 11 is 2.06. The minimum absolute atomic E-state index is 0.263. The number of hydrogen-bond acceptors (Lipinski definition) is 3. The third-order valence-corrected chi connectivity index (χ3v) is 6.81. The van der Waals surface area contributed by atoms with E-state index < -0.39 is 0 Å². The Morgan fingerprint density at radius 3 is 2.79 bits per heavy atom. The lowest BCUT2D eigenvalue weighted by Crippen LogP contribution is -2.55. The SMILES string of the molecule is CN=C(NCC1(N(C)C)CCSC1)N1CCC(c2ccccc2)C1. The molecule has 2 fully saturated rings. The second kappa shape index (κ2) is 7.79. The molecule has 5 heteroatoms. The van der Waals surface area contributed by atoms with E-state index in [1.54, 1.807) is 0 Å². The first-order valence-corrected chi connectivity index (χ1v) is 10.1. The summed E-state index contributed by atoms with van der Waals surface area (Å²) in [5.41, 5.74) is 1.71. The summed E-state index contributed by atoms with van der Waals surface area (Å²) in [6.45, 7) is 3.13. The third-order valence-electron chi connectivity index (χ3n) is 5.58. The summed E-state index contributed by atoms with van der Waals surface area (Å²) in [4.78, 5) is 9.37. The molecular weight excluding hydrogens is 316 g/mol. The van der Waals surface area contributed by atoms with Gasteiger partial charge < -0.3 is 15.1 Å². The molecule has 0 saturated carbocycles. The van der Waals surface area contributed by atoms with Crippen molar-refractivity contribution in [2.75, 3.05) is 52.3 Å². The second-order valence-corrected chi connectivity index (χ2v) is 8.27. The van der Waals surface area contributed by atoms with Crippen molar-refractivity contribution in [3.8, 4) is 0 Å². The Labute approximate surface area is 150 Å². The van der Waals surface area contributed by atoms with Crippen LogP contribution in [0.4, 0.5) is 0 Å². The number of likely N-dealkylation sites (N-methyl/N-ethyl adjacent to an activating group) is 1. The first-order chi connectivity index (χ1) is 11.6. The molecule has 24 heavy (non-hydrogen) atoms. The zero-order chi connectivity index (χ0) is 17.0. The summed E-state index contributed by atoms with van der Waals surface area (Å²) in [6, 6.07) is 10.9. The lowest BCUT2D eigenvalue weighted by molar-refractivity contribution is 0.181. The van der Waals surface area contributed by atoms with E-state index in [-0.39, 0.29) is 5.54 Å². The van der Waals surface area contributed by atoms with Crippen molar-refractivity contribution in [2.24, 2.45) is 4.99 Å². The lowest BCUT2D eigenvalue weighted by Gasteiger charge is -2.37. The molecule has 4 nitrogen and oxygen atoms in total. The molecule has 0 radical (unpaired) electrons. The number of rotatable bonds is 4. The molecule has 2 atom stereocenters. The number of nitrogens with one attached hydrogen (secondary N) is 1. The van der Waals surface area contributed by atoms with Gasteiger partial charge in [0.1, 0.15) is 0 Å². The van der Waals surface area contributed by atoms with Crippen LogP contribution in [0.3, 0.4) is 0 Å².